The Bertz CT molecular complexity index is 1930. The molecular weight excluding hydrogens is 676 g/mol. The molecule has 0 N–H and O–H groups in total. The molecule has 4 aromatic rings. The lowest BCUT2D eigenvalue weighted by atomic mass is 9.87. The second-order valence-corrected chi connectivity index (χ2v) is 13.5. The third-order valence-corrected chi connectivity index (χ3v) is 9.76. The van der Waals surface area contributed by atoms with Gasteiger partial charge in [-0.25, -0.2) is 28.1 Å². The second kappa shape index (κ2) is 14.0. The molecular formula is C37H39F2N7O6. The van der Waals surface area contributed by atoms with Crippen molar-refractivity contribution in [1.82, 2.24) is 19.7 Å². The van der Waals surface area contributed by atoms with E-state index in [1.807, 2.05) is 36.4 Å². The first-order valence-electron chi connectivity index (χ1n) is 17.1. The van der Waals surface area contributed by atoms with Gasteiger partial charge in [0.05, 0.1) is 18.8 Å². The molecule has 3 fully saturated rings. The molecule has 272 valence electrons. The van der Waals surface area contributed by atoms with Crippen LogP contribution in [0.25, 0.3) is 0 Å². The number of amides is 4. The average Bonchev–Trinajstić information content (AvgIpc) is 3.81. The Balaban J connectivity index is 0.931. The zero-order chi connectivity index (χ0) is 36.6. The summed E-state index contributed by atoms with van der Waals surface area (Å²) in [6, 6.07) is 17.7. The summed E-state index contributed by atoms with van der Waals surface area (Å²) in [6.07, 6.45) is 2.05. The summed E-state index contributed by atoms with van der Waals surface area (Å²) in [5, 5.41) is 4.12. The highest BCUT2D eigenvalue weighted by Gasteiger charge is 2.51. The van der Waals surface area contributed by atoms with Crippen LogP contribution in [0.5, 0.6) is 5.75 Å². The molecule has 13 nitrogen and oxygen atoms in total. The number of carbonyl (C=O) groups is 3. The third kappa shape index (κ3) is 6.57. The van der Waals surface area contributed by atoms with E-state index in [9.17, 15) is 23.2 Å². The van der Waals surface area contributed by atoms with E-state index < -0.39 is 46.8 Å². The predicted octanol–water partition coefficient (Wildman–Crippen LogP) is 4.57. The Morgan fingerprint density at radius 2 is 1.50 bits per heavy atom. The smallest absolute Gasteiger partial charge is 0.338 e. The van der Waals surface area contributed by atoms with E-state index in [4.69, 9.17) is 14.2 Å². The van der Waals surface area contributed by atoms with Gasteiger partial charge in [0.2, 0.25) is 11.8 Å². The Morgan fingerprint density at radius 1 is 0.865 bits per heavy atom. The molecule has 1 aromatic heterocycles. The van der Waals surface area contributed by atoms with Crippen molar-refractivity contribution < 1.29 is 37.4 Å². The Labute approximate surface area is 299 Å². The van der Waals surface area contributed by atoms with E-state index in [0.717, 1.165) is 53.4 Å². The van der Waals surface area contributed by atoms with Crippen LogP contribution in [0, 0.1) is 17.0 Å². The highest BCUT2D eigenvalue weighted by atomic mass is 19.1. The van der Waals surface area contributed by atoms with Crippen LogP contribution in [-0.2, 0) is 31.2 Å². The highest BCUT2D eigenvalue weighted by Crippen LogP contribution is 2.38. The van der Waals surface area contributed by atoms with Crippen LogP contribution < -0.4 is 19.4 Å². The number of ether oxygens (including phenoxy) is 3. The van der Waals surface area contributed by atoms with Crippen molar-refractivity contribution in [2.45, 2.75) is 39.2 Å². The number of urea groups is 1. The summed E-state index contributed by atoms with van der Waals surface area (Å²) in [5.74, 6) is -1.85. The van der Waals surface area contributed by atoms with Gasteiger partial charge in [0, 0.05) is 55.7 Å². The number of barbiturate groups is 1. The molecule has 0 aliphatic carbocycles. The number of hydrogen-bond donors (Lipinski definition) is 0. The molecule has 3 aliphatic heterocycles. The van der Waals surface area contributed by atoms with Gasteiger partial charge in [0.25, 0.3) is 0 Å². The molecule has 0 spiro atoms. The maximum atomic E-state index is 14.9. The van der Waals surface area contributed by atoms with E-state index in [1.165, 1.54) is 29.5 Å². The summed E-state index contributed by atoms with van der Waals surface area (Å²) in [6.45, 7) is 8.20. The van der Waals surface area contributed by atoms with Crippen molar-refractivity contribution in [2.24, 2.45) is 5.41 Å². The van der Waals surface area contributed by atoms with E-state index >= 15 is 0 Å². The molecule has 0 bridgehead atoms. The van der Waals surface area contributed by atoms with Crippen LogP contribution in [0.15, 0.2) is 79.4 Å². The number of nitrogens with zero attached hydrogens (tertiary/aromatic N) is 7. The number of carbonyl (C=O) groups excluding carboxylic acids is 3. The molecule has 15 heteroatoms. The van der Waals surface area contributed by atoms with E-state index in [-0.39, 0.29) is 31.9 Å². The largest absolute Gasteiger partial charge is 0.488 e. The van der Waals surface area contributed by atoms with Gasteiger partial charge < -0.3 is 24.0 Å². The lowest BCUT2D eigenvalue weighted by molar-refractivity contribution is -0.147. The van der Waals surface area contributed by atoms with E-state index in [0.29, 0.717) is 11.4 Å². The molecule has 0 radical (unpaired) electrons. The minimum Gasteiger partial charge on any atom is -0.488 e. The van der Waals surface area contributed by atoms with Crippen LogP contribution in [0.4, 0.5) is 30.6 Å². The SMILES string of the molecule is CCN1C(=O)N(c2ccc(N3CCN(c4ccc(OC[C@@H]5OC[C@@](Cn6cncn6)(c6ccc(F)cc6F)O5)cc4)CC3)cc2)C(=O)C(C)(C)C1=O. The lowest BCUT2D eigenvalue weighted by Crippen LogP contribution is -2.63. The standard InChI is InChI=1S/C37H39F2N7O6/c1-4-45-33(47)36(2,3)34(48)46(35(45)49)28-8-6-26(7-9-28)42-15-17-43(18-16-42)27-10-12-29(13-11-27)50-20-32-51-22-37(52-32,21-44-24-40-23-41-44)30-14-5-25(38)19-31(30)39/h5-14,19,23-24,32H,4,15-18,20-22H2,1-3H3/t32-,37+/m1/s1. The molecule has 0 saturated carbocycles. The summed E-state index contributed by atoms with van der Waals surface area (Å²) < 4.78 is 48.2. The maximum Gasteiger partial charge on any atom is 0.338 e. The Kier molecular flexibility index (Phi) is 9.40. The van der Waals surface area contributed by atoms with Gasteiger partial charge in [-0.3, -0.25) is 14.5 Å². The summed E-state index contributed by atoms with van der Waals surface area (Å²) in [4.78, 5) is 49.5. The van der Waals surface area contributed by atoms with Gasteiger partial charge >= 0.3 is 6.03 Å². The Morgan fingerprint density at radius 3 is 2.10 bits per heavy atom. The van der Waals surface area contributed by atoms with Gasteiger partial charge in [-0.1, -0.05) is 6.07 Å². The number of halogens is 2. The van der Waals surface area contributed by atoms with Crippen molar-refractivity contribution in [3.05, 3.63) is 96.6 Å². The topological polar surface area (TPSA) is 123 Å². The van der Waals surface area contributed by atoms with Gasteiger partial charge in [0.1, 0.15) is 47.7 Å². The molecule has 4 heterocycles. The van der Waals surface area contributed by atoms with E-state index in [1.54, 1.807) is 32.9 Å². The maximum absolute atomic E-state index is 14.9. The second-order valence-electron chi connectivity index (χ2n) is 13.5. The monoisotopic (exact) mass is 715 g/mol. The van der Waals surface area contributed by atoms with Crippen LogP contribution in [0.3, 0.4) is 0 Å². The first-order chi connectivity index (χ1) is 25.0. The number of hydrogen-bond acceptors (Lipinski definition) is 10. The Hall–Kier alpha value is -5.41. The molecule has 3 saturated heterocycles. The first kappa shape index (κ1) is 35.0. The van der Waals surface area contributed by atoms with Gasteiger partial charge in [-0.2, -0.15) is 5.10 Å². The summed E-state index contributed by atoms with van der Waals surface area (Å²) in [5.41, 5.74) is 0.00401. The highest BCUT2D eigenvalue weighted by molar-refractivity contribution is 6.29. The predicted molar refractivity (Wildman–Crippen MR) is 186 cm³/mol. The van der Waals surface area contributed by atoms with Gasteiger partial charge in [-0.05, 0) is 75.4 Å². The molecule has 0 unspecified atom stereocenters. The zero-order valence-electron chi connectivity index (χ0n) is 29.1. The zero-order valence-corrected chi connectivity index (χ0v) is 29.1. The van der Waals surface area contributed by atoms with Crippen LogP contribution in [0.2, 0.25) is 0 Å². The molecule has 3 aromatic carbocycles. The van der Waals surface area contributed by atoms with Crippen LogP contribution in [-0.4, -0.2) is 89.7 Å². The fourth-order valence-electron chi connectivity index (χ4n) is 6.84. The minimum atomic E-state index is -1.33. The average molecular weight is 716 g/mol. The van der Waals surface area contributed by atoms with Crippen LogP contribution in [0.1, 0.15) is 26.3 Å². The minimum absolute atomic E-state index is 0.00843. The van der Waals surface area contributed by atoms with E-state index in [2.05, 4.69) is 19.9 Å². The van der Waals surface area contributed by atoms with Gasteiger partial charge in [0.15, 0.2) is 6.29 Å². The van der Waals surface area contributed by atoms with Gasteiger partial charge in [-0.15, -0.1) is 0 Å². The molecule has 7 rings (SSSR count). The number of rotatable bonds is 10. The fourth-order valence-corrected chi connectivity index (χ4v) is 6.84. The number of piperazine rings is 1. The van der Waals surface area contributed by atoms with Crippen molar-refractivity contribution in [3.8, 4) is 5.75 Å². The normalized spacial score (nSPS) is 22.0. The molecule has 3 aliphatic rings. The third-order valence-electron chi connectivity index (χ3n) is 9.76. The van der Waals surface area contributed by atoms with Crippen molar-refractivity contribution in [2.75, 3.05) is 60.6 Å². The molecule has 4 amide bonds. The van der Waals surface area contributed by atoms with Crippen molar-refractivity contribution >= 4 is 34.9 Å². The summed E-state index contributed by atoms with van der Waals surface area (Å²) in [7, 11) is 0. The van der Waals surface area contributed by atoms with Crippen molar-refractivity contribution in [1.29, 1.82) is 0 Å². The fraction of sp³-hybridized carbons (Fsp3) is 0.378. The van der Waals surface area contributed by atoms with Crippen molar-refractivity contribution in [3.63, 3.8) is 0 Å². The quantitative estimate of drug-likeness (QED) is 0.216. The number of aromatic nitrogens is 3. The molecule has 52 heavy (non-hydrogen) atoms. The summed E-state index contributed by atoms with van der Waals surface area (Å²) >= 11 is 0. The number of imide groups is 2. The number of benzene rings is 3. The first-order valence-corrected chi connectivity index (χ1v) is 17.1. The molecule has 2 atom stereocenters. The lowest BCUT2D eigenvalue weighted by Gasteiger charge is -2.40. The number of anilines is 3. The van der Waals surface area contributed by atoms with Crippen LogP contribution >= 0.6 is 0 Å².